The number of urea groups is 1. The first-order valence-electron chi connectivity index (χ1n) is 5.16. The monoisotopic (exact) mass is 281 g/mol. The number of anilines is 1. The molecule has 0 bridgehead atoms. The van der Waals surface area contributed by atoms with Crippen molar-refractivity contribution >= 4 is 40.9 Å². The Kier molecular flexibility index (Phi) is 3.22. The summed E-state index contributed by atoms with van der Waals surface area (Å²) in [4.78, 5) is 46.3. The Morgan fingerprint density at radius 1 is 1.32 bits per heavy atom. The van der Waals surface area contributed by atoms with Gasteiger partial charge in [-0.25, -0.2) is 4.79 Å². The van der Waals surface area contributed by atoms with Crippen molar-refractivity contribution in [3.63, 3.8) is 0 Å². The maximum absolute atomic E-state index is 11.8. The van der Waals surface area contributed by atoms with Crippen LogP contribution in [0.2, 0.25) is 5.02 Å². The van der Waals surface area contributed by atoms with Gasteiger partial charge in [0.2, 0.25) is 5.91 Å². The summed E-state index contributed by atoms with van der Waals surface area (Å²) in [6, 6.07) is 3.42. The summed E-state index contributed by atoms with van der Waals surface area (Å²) in [5.41, 5.74) is 5.08. The third kappa shape index (κ3) is 2.27. The van der Waals surface area contributed by atoms with E-state index < -0.39 is 30.2 Å². The van der Waals surface area contributed by atoms with E-state index in [2.05, 4.69) is 0 Å². The molecule has 8 heteroatoms. The van der Waals surface area contributed by atoms with E-state index >= 15 is 0 Å². The van der Waals surface area contributed by atoms with E-state index in [1.165, 1.54) is 18.2 Å². The number of carbonyl (C=O) groups excluding carboxylic acids is 4. The number of halogens is 1. The van der Waals surface area contributed by atoms with Crippen LogP contribution in [0, 0.1) is 0 Å². The Balaban J connectivity index is 2.33. The third-order valence-corrected chi connectivity index (χ3v) is 2.81. The van der Waals surface area contributed by atoms with Crippen molar-refractivity contribution in [2.24, 2.45) is 5.73 Å². The quantitative estimate of drug-likeness (QED) is 0.747. The maximum Gasteiger partial charge on any atom is 0.318 e. The molecule has 2 rings (SSSR count). The SMILES string of the molecule is NC(=O)NC(=O)CN1C(=O)C(=O)c2cccc(Cl)c21. The molecule has 0 radical (unpaired) electrons. The number of amides is 4. The fraction of sp³-hybridized carbons (Fsp3) is 0.0909. The number of fused-ring (bicyclic) bond motifs is 1. The zero-order chi connectivity index (χ0) is 14.2. The third-order valence-electron chi connectivity index (χ3n) is 2.51. The van der Waals surface area contributed by atoms with E-state index in [1.54, 1.807) is 5.32 Å². The molecule has 0 spiro atoms. The summed E-state index contributed by atoms with van der Waals surface area (Å²) in [6.07, 6.45) is 0. The molecule has 1 aromatic carbocycles. The average molecular weight is 282 g/mol. The lowest BCUT2D eigenvalue weighted by molar-refractivity contribution is -0.121. The van der Waals surface area contributed by atoms with Gasteiger partial charge in [-0.1, -0.05) is 17.7 Å². The van der Waals surface area contributed by atoms with Gasteiger partial charge in [-0.2, -0.15) is 0 Å². The van der Waals surface area contributed by atoms with Gasteiger partial charge in [-0.3, -0.25) is 24.6 Å². The molecule has 1 aromatic rings. The zero-order valence-corrected chi connectivity index (χ0v) is 10.2. The molecule has 1 heterocycles. The molecule has 0 fully saturated rings. The molecule has 0 unspecified atom stereocenters. The Morgan fingerprint density at radius 3 is 2.63 bits per heavy atom. The highest BCUT2D eigenvalue weighted by Gasteiger charge is 2.38. The lowest BCUT2D eigenvalue weighted by Gasteiger charge is -2.16. The molecule has 0 aliphatic carbocycles. The number of rotatable bonds is 2. The van der Waals surface area contributed by atoms with Gasteiger partial charge in [-0.05, 0) is 12.1 Å². The van der Waals surface area contributed by atoms with E-state index in [1.807, 2.05) is 0 Å². The maximum atomic E-state index is 11.8. The molecule has 19 heavy (non-hydrogen) atoms. The van der Waals surface area contributed by atoms with Crippen molar-refractivity contribution in [2.45, 2.75) is 0 Å². The van der Waals surface area contributed by atoms with E-state index in [0.29, 0.717) is 0 Å². The number of primary amides is 1. The van der Waals surface area contributed by atoms with Crippen LogP contribution >= 0.6 is 11.6 Å². The summed E-state index contributed by atoms with van der Waals surface area (Å²) >= 11 is 5.91. The number of nitrogens with zero attached hydrogens (tertiary/aromatic N) is 1. The predicted molar refractivity (Wildman–Crippen MR) is 65.9 cm³/mol. The number of Topliss-reactive ketones (excluding diaryl/α,β-unsaturated/α-hetero) is 1. The second-order valence-electron chi connectivity index (χ2n) is 3.77. The minimum absolute atomic E-state index is 0.129. The van der Waals surface area contributed by atoms with Crippen LogP contribution in [0.3, 0.4) is 0 Å². The molecular formula is C11H8ClN3O4. The van der Waals surface area contributed by atoms with E-state index in [-0.39, 0.29) is 16.3 Å². The van der Waals surface area contributed by atoms with Crippen molar-refractivity contribution in [3.05, 3.63) is 28.8 Å². The van der Waals surface area contributed by atoms with Crippen LogP contribution in [0.5, 0.6) is 0 Å². The number of ketones is 1. The predicted octanol–water partition coefficient (Wildman–Crippen LogP) is 0.0642. The molecule has 1 aliphatic rings. The zero-order valence-electron chi connectivity index (χ0n) is 9.47. The summed E-state index contributed by atoms with van der Waals surface area (Å²) in [6.45, 7) is -0.510. The molecule has 7 nitrogen and oxygen atoms in total. The molecule has 4 amide bonds. The summed E-state index contributed by atoms with van der Waals surface area (Å²) < 4.78 is 0. The number of benzene rings is 1. The molecule has 0 aromatic heterocycles. The lowest BCUT2D eigenvalue weighted by Crippen LogP contribution is -2.44. The number of nitrogens with one attached hydrogen (secondary N) is 1. The first kappa shape index (κ1) is 13.0. The van der Waals surface area contributed by atoms with Gasteiger partial charge in [0.05, 0.1) is 16.3 Å². The first-order valence-corrected chi connectivity index (χ1v) is 5.53. The second-order valence-corrected chi connectivity index (χ2v) is 4.18. The first-order chi connectivity index (χ1) is 8.91. The molecule has 0 saturated heterocycles. The van der Waals surface area contributed by atoms with Gasteiger partial charge in [0, 0.05) is 0 Å². The molecule has 98 valence electrons. The van der Waals surface area contributed by atoms with Gasteiger partial charge in [0.1, 0.15) is 6.54 Å². The summed E-state index contributed by atoms with van der Waals surface area (Å²) in [5.74, 6) is -2.42. The molecule has 1 aliphatic heterocycles. The van der Waals surface area contributed by atoms with Gasteiger partial charge >= 0.3 is 6.03 Å². The highest BCUT2D eigenvalue weighted by molar-refractivity contribution is 6.54. The topological polar surface area (TPSA) is 110 Å². The number of para-hydroxylation sites is 1. The lowest BCUT2D eigenvalue weighted by atomic mass is 10.1. The summed E-state index contributed by atoms with van der Waals surface area (Å²) in [7, 11) is 0. The molecule has 0 saturated carbocycles. The van der Waals surface area contributed by atoms with Crippen LogP contribution in [-0.4, -0.2) is 30.2 Å². The van der Waals surface area contributed by atoms with Crippen LogP contribution in [0.25, 0.3) is 0 Å². The average Bonchev–Trinajstić information content (AvgIpc) is 2.55. The van der Waals surface area contributed by atoms with Crippen molar-refractivity contribution in [1.29, 1.82) is 0 Å². The Hall–Kier alpha value is -2.41. The molecular weight excluding hydrogens is 274 g/mol. The van der Waals surface area contributed by atoms with E-state index in [4.69, 9.17) is 17.3 Å². The van der Waals surface area contributed by atoms with Crippen LogP contribution in [0.4, 0.5) is 10.5 Å². The van der Waals surface area contributed by atoms with E-state index in [0.717, 1.165) is 4.90 Å². The minimum atomic E-state index is -1.04. The number of hydrogen-bond acceptors (Lipinski definition) is 4. The molecule has 3 N–H and O–H groups in total. The number of carbonyl (C=O) groups is 4. The number of nitrogens with two attached hydrogens (primary N) is 1. The molecule has 0 atom stereocenters. The van der Waals surface area contributed by atoms with Crippen molar-refractivity contribution < 1.29 is 19.2 Å². The van der Waals surface area contributed by atoms with Gasteiger partial charge in [0.25, 0.3) is 11.7 Å². The number of hydrogen-bond donors (Lipinski definition) is 2. The highest BCUT2D eigenvalue weighted by atomic mass is 35.5. The highest BCUT2D eigenvalue weighted by Crippen LogP contribution is 2.35. The number of imide groups is 1. The van der Waals surface area contributed by atoms with Crippen LogP contribution in [0.15, 0.2) is 18.2 Å². The smallest absolute Gasteiger partial charge is 0.318 e. The largest absolute Gasteiger partial charge is 0.351 e. The van der Waals surface area contributed by atoms with Crippen LogP contribution in [-0.2, 0) is 9.59 Å². The van der Waals surface area contributed by atoms with Crippen molar-refractivity contribution in [3.8, 4) is 0 Å². The van der Waals surface area contributed by atoms with E-state index in [9.17, 15) is 19.2 Å². The standard InChI is InChI=1S/C11H8ClN3O4/c12-6-3-1-2-5-8(6)15(10(18)9(5)17)4-7(16)14-11(13)19/h1-3H,4H2,(H3,13,14,16,19). The Labute approximate surface area is 112 Å². The van der Waals surface area contributed by atoms with Crippen molar-refractivity contribution in [2.75, 3.05) is 11.4 Å². The fourth-order valence-corrected chi connectivity index (χ4v) is 2.06. The van der Waals surface area contributed by atoms with Gasteiger partial charge < -0.3 is 5.73 Å². The fourth-order valence-electron chi connectivity index (χ4n) is 1.78. The summed E-state index contributed by atoms with van der Waals surface area (Å²) in [5, 5.41) is 1.98. The van der Waals surface area contributed by atoms with Gasteiger partial charge in [0.15, 0.2) is 0 Å². The van der Waals surface area contributed by atoms with Crippen molar-refractivity contribution in [1.82, 2.24) is 5.32 Å². The second kappa shape index (κ2) is 4.69. The Bertz CT molecular complexity index is 614. The normalized spacial score (nSPS) is 13.4. The van der Waals surface area contributed by atoms with Crippen LogP contribution in [0.1, 0.15) is 10.4 Å². The van der Waals surface area contributed by atoms with Gasteiger partial charge in [-0.15, -0.1) is 0 Å². The van der Waals surface area contributed by atoms with Crippen LogP contribution < -0.4 is 16.0 Å². The minimum Gasteiger partial charge on any atom is -0.351 e. The Morgan fingerprint density at radius 2 is 2.00 bits per heavy atom.